The van der Waals surface area contributed by atoms with Crippen LogP contribution in [0.15, 0.2) is 35.4 Å². The zero-order valence-electron chi connectivity index (χ0n) is 12.2. The van der Waals surface area contributed by atoms with Gasteiger partial charge in [0.15, 0.2) is 0 Å². The molecular weight excluding hydrogens is 284 g/mol. The van der Waals surface area contributed by atoms with Crippen LogP contribution in [-0.2, 0) is 9.53 Å². The molecule has 21 heavy (non-hydrogen) atoms. The van der Waals surface area contributed by atoms with Crippen LogP contribution in [0.2, 0.25) is 0 Å². The molecule has 0 fully saturated rings. The minimum Gasteiger partial charge on any atom is -0.459 e. The molecule has 0 aliphatic carbocycles. The molecule has 0 radical (unpaired) electrons. The molecule has 0 saturated heterocycles. The first-order chi connectivity index (χ1) is 9.89. The van der Waals surface area contributed by atoms with Gasteiger partial charge in [-0.1, -0.05) is 30.0 Å². The number of carbonyl (C=O) groups excluding carboxylic acids is 1. The highest BCUT2D eigenvalue weighted by atomic mass is 32.2. The van der Waals surface area contributed by atoms with Gasteiger partial charge in [-0.3, -0.25) is 4.79 Å². The summed E-state index contributed by atoms with van der Waals surface area (Å²) in [5.41, 5.74) is 0.822. The van der Waals surface area contributed by atoms with E-state index in [1.54, 1.807) is 6.07 Å². The lowest BCUT2D eigenvalue weighted by molar-refractivity contribution is -0.151. The van der Waals surface area contributed by atoms with E-state index in [1.165, 1.54) is 11.8 Å². The SMILES string of the molecule is CC(C)(C)OC(=O)CSc1cc(C#N)c2ccccc2n1. The van der Waals surface area contributed by atoms with E-state index in [4.69, 9.17) is 4.74 Å². The van der Waals surface area contributed by atoms with Crippen molar-refractivity contribution in [2.75, 3.05) is 5.75 Å². The summed E-state index contributed by atoms with van der Waals surface area (Å²) >= 11 is 1.28. The molecule has 0 spiro atoms. The summed E-state index contributed by atoms with van der Waals surface area (Å²) in [5, 5.41) is 10.7. The summed E-state index contributed by atoms with van der Waals surface area (Å²) in [4.78, 5) is 16.2. The first-order valence-corrected chi connectivity index (χ1v) is 7.52. The standard InChI is InChI=1S/C16H16N2O2S/c1-16(2,3)20-15(19)10-21-14-8-11(9-17)12-6-4-5-7-13(12)18-14/h4-8H,10H2,1-3H3. The molecule has 0 saturated carbocycles. The summed E-state index contributed by atoms with van der Waals surface area (Å²) in [6.45, 7) is 5.49. The monoisotopic (exact) mass is 300 g/mol. The average molecular weight is 300 g/mol. The minimum atomic E-state index is -0.494. The molecule has 108 valence electrons. The molecule has 1 heterocycles. The number of hydrogen-bond donors (Lipinski definition) is 0. The molecule has 0 bridgehead atoms. The third-order valence-corrected chi connectivity index (χ3v) is 3.46. The predicted molar refractivity (Wildman–Crippen MR) is 83.0 cm³/mol. The molecule has 0 amide bonds. The van der Waals surface area contributed by atoms with Gasteiger partial charge in [-0.2, -0.15) is 5.26 Å². The minimum absolute atomic E-state index is 0.174. The van der Waals surface area contributed by atoms with Crippen LogP contribution in [0.3, 0.4) is 0 Å². The van der Waals surface area contributed by atoms with Gasteiger partial charge >= 0.3 is 5.97 Å². The number of carbonyl (C=O) groups is 1. The lowest BCUT2D eigenvalue weighted by Crippen LogP contribution is -2.24. The highest BCUT2D eigenvalue weighted by Gasteiger charge is 2.16. The van der Waals surface area contributed by atoms with E-state index in [1.807, 2.05) is 45.0 Å². The third kappa shape index (κ3) is 4.20. The van der Waals surface area contributed by atoms with Gasteiger partial charge in [0.2, 0.25) is 0 Å². The molecule has 1 aromatic heterocycles. The van der Waals surface area contributed by atoms with E-state index in [9.17, 15) is 10.1 Å². The Bertz CT molecular complexity index is 714. The summed E-state index contributed by atoms with van der Waals surface area (Å²) in [7, 11) is 0. The van der Waals surface area contributed by atoms with Crippen molar-refractivity contribution < 1.29 is 9.53 Å². The number of fused-ring (bicyclic) bond motifs is 1. The van der Waals surface area contributed by atoms with E-state index >= 15 is 0 Å². The van der Waals surface area contributed by atoms with Gasteiger partial charge < -0.3 is 4.74 Å². The Morgan fingerprint density at radius 2 is 2.10 bits per heavy atom. The van der Waals surface area contributed by atoms with Crippen LogP contribution in [0.4, 0.5) is 0 Å². The molecule has 0 aliphatic rings. The Labute approximate surface area is 128 Å². The van der Waals surface area contributed by atoms with E-state index < -0.39 is 5.60 Å². The number of nitrogens with zero attached hydrogens (tertiary/aromatic N) is 2. The summed E-state index contributed by atoms with van der Waals surface area (Å²) in [5.74, 6) is -0.117. The number of thioether (sulfide) groups is 1. The zero-order valence-corrected chi connectivity index (χ0v) is 13.0. The van der Waals surface area contributed by atoms with Gasteiger partial charge in [0.25, 0.3) is 0 Å². The van der Waals surface area contributed by atoms with Gasteiger partial charge in [0.05, 0.1) is 27.9 Å². The van der Waals surface area contributed by atoms with Crippen LogP contribution in [0.1, 0.15) is 26.3 Å². The van der Waals surface area contributed by atoms with Crippen molar-refractivity contribution in [2.24, 2.45) is 0 Å². The summed E-state index contributed by atoms with van der Waals surface area (Å²) in [6.07, 6.45) is 0. The van der Waals surface area contributed by atoms with Crippen molar-refractivity contribution >= 4 is 28.6 Å². The molecule has 5 heteroatoms. The number of aromatic nitrogens is 1. The number of rotatable bonds is 3. The van der Waals surface area contributed by atoms with Crippen molar-refractivity contribution in [3.05, 3.63) is 35.9 Å². The van der Waals surface area contributed by atoms with Crippen LogP contribution >= 0.6 is 11.8 Å². The number of pyridine rings is 1. The largest absolute Gasteiger partial charge is 0.459 e. The number of benzene rings is 1. The fourth-order valence-electron chi connectivity index (χ4n) is 1.82. The third-order valence-electron chi connectivity index (χ3n) is 2.57. The highest BCUT2D eigenvalue weighted by Crippen LogP contribution is 2.24. The van der Waals surface area contributed by atoms with E-state index in [-0.39, 0.29) is 11.7 Å². The molecule has 0 N–H and O–H groups in total. The fourth-order valence-corrected chi connectivity index (χ4v) is 2.51. The molecule has 0 aliphatic heterocycles. The van der Waals surface area contributed by atoms with Gasteiger partial charge in [-0.15, -0.1) is 0 Å². The smallest absolute Gasteiger partial charge is 0.316 e. The topological polar surface area (TPSA) is 63.0 Å². The number of para-hydroxylation sites is 1. The number of nitriles is 1. The van der Waals surface area contributed by atoms with Gasteiger partial charge in [-0.05, 0) is 32.9 Å². The maximum absolute atomic E-state index is 11.7. The highest BCUT2D eigenvalue weighted by molar-refractivity contribution is 7.99. The normalized spacial score (nSPS) is 11.1. The molecule has 2 rings (SSSR count). The Kier molecular flexibility index (Phi) is 4.49. The lowest BCUT2D eigenvalue weighted by Gasteiger charge is -2.19. The molecular formula is C16H16N2O2S. The van der Waals surface area contributed by atoms with E-state index in [0.717, 1.165) is 10.9 Å². The Morgan fingerprint density at radius 3 is 2.76 bits per heavy atom. The van der Waals surface area contributed by atoms with Crippen LogP contribution in [0.25, 0.3) is 10.9 Å². The second-order valence-corrected chi connectivity index (χ2v) is 6.51. The first-order valence-electron chi connectivity index (χ1n) is 6.53. The number of hydrogen-bond acceptors (Lipinski definition) is 5. The Balaban J connectivity index is 2.16. The van der Waals surface area contributed by atoms with Crippen molar-refractivity contribution in [3.63, 3.8) is 0 Å². The van der Waals surface area contributed by atoms with Gasteiger partial charge in [0, 0.05) is 5.39 Å². The van der Waals surface area contributed by atoms with Gasteiger partial charge in [0.1, 0.15) is 5.60 Å². The quantitative estimate of drug-likeness (QED) is 0.641. The molecule has 2 aromatic rings. The fraction of sp³-hybridized carbons (Fsp3) is 0.312. The lowest BCUT2D eigenvalue weighted by atomic mass is 10.1. The molecule has 0 atom stereocenters. The number of ether oxygens (including phenoxy) is 1. The van der Waals surface area contributed by atoms with Crippen LogP contribution in [0, 0.1) is 11.3 Å². The van der Waals surface area contributed by atoms with Crippen molar-refractivity contribution in [1.82, 2.24) is 4.98 Å². The van der Waals surface area contributed by atoms with E-state index in [2.05, 4.69) is 11.1 Å². The van der Waals surface area contributed by atoms with Crippen molar-refractivity contribution in [3.8, 4) is 6.07 Å². The van der Waals surface area contributed by atoms with Crippen LogP contribution in [-0.4, -0.2) is 22.3 Å². The number of esters is 1. The van der Waals surface area contributed by atoms with Crippen molar-refractivity contribution in [1.29, 1.82) is 5.26 Å². The van der Waals surface area contributed by atoms with E-state index in [0.29, 0.717) is 10.6 Å². The molecule has 4 nitrogen and oxygen atoms in total. The van der Waals surface area contributed by atoms with Crippen LogP contribution < -0.4 is 0 Å². The van der Waals surface area contributed by atoms with Crippen LogP contribution in [0.5, 0.6) is 0 Å². The molecule has 0 unspecified atom stereocenters. The second-order valence-electron chi connectivity index (χ2n) is 5.51. The predicted octanol–water partition coefficient (Wildman–Crippen LogP) is 3.54. The second kappa shape index (κ2) is 6.15. The Morgan fingerprint density at radius 1 is 1.38 bits per heavy atom. The summed E-state index contributed by atoms with van der Waals surface area (Å²) in [6, 6.07) is 11.3. The van der Waals surface area contributed by atoms with Gasteiger partial charge in [-0.25, -0.2) is 4.98 Å². The average Bonchev–Trinajstić information content (AvgIpc) is 2.42. The molecule has 1 aromatic carbocycles. The Hall–Kier alpha value is -2.06. The maximum Gasteiger partial charge on any atom is 0.316 e. The summed E-state index contributed by atoms with van der Waals surface area (Å²) < 4.78 is 5.25. The van der Waals surface area contributed by atoms with Crippen molar-refractivity contribution in [2.45, 2.75) is 31.4 Å². The first kappa shape index (κ1) is 15.3. The zero-order chi connectivity index (χ0) is 15.5. The maximum atomic E-state index is 11.7.